The molecule has 0 bridgehead atoms. The molecule has 0 aliphatic carbocycles. The molecule has 0 heterocycles. The standard InChI is InChI=1S/C8H8Cl2O3S/c1-2-14(11,12)13-8-4-3-6(9)5-7(8)10/h3-5H,2H2,1H3. The van der Waals surface area contributed by atoms with Crippen LogP contribution >= 0.6 is 23.2 Å². The van der Waals surface area contributed by atoms with Crippen molar-refractivity contribution < 1.29 is 12.6 Å². The highest BCUT2D eigenvalue weighted by Gasteiger charge is 2.12. The van der Waals surface area contributed by atoms with Gasteiger partial charge in [-0.1, -0.05) is 23.2 Å². The van der Waals surface area contributed by atoms with E-state index >= 15 is 0 Å². The number of rotatable bonds is 3. The third-order valence-electron chi connectivity index (χ3n) is 1.46. The molecule has 78 valence electrons. The van der Waals surface area contributed by atoms with Gasteiger partial charge in [-0.25, -0.2) is 0 Å². The van der Waals surface area contributed by atoms with Crippen LogP contribution in [-0.2, 0) is 10.1 Å². The summed E-state index contributed by atoms with van der Waals surface area (Å²) in [5, 5.41) is 0.603. The fourth-order valence-electron chi connectivity index (χ4n) is 0.739. The highest BCUT2D eigenvalue weighted by atomic mass is 35.5. The van der Waals surface area contributed by atoms with E-state index in [0.717, 1.165) is 0 Å². The average Bonchev–Trinajstić information content (AvgIpc) is 2.10. The summed E-state index contributed by atoms with van der Waals surface area (Å²) in [5.41, 5.74) is 0. The number of hydrogen-bond acceptors (Lipinski definition) is 3. The number of halogens is 2. The summed E-state index contributed by atoms with van der Waals surface area (Å²) >= 11 is 11.4. The summed E-state index contributed by atoms with van der Waals surface area (Å²) in [6.07, 6.45) is 0. The quantitative estimate of drug-likeness (QED) is 0.780. The summed E-state index contributed by atoms with van der Waals surface area (Å²) in [4.78, 5) is 0. The molecule has 0 fully saturated rings. The topological polar surface area (TPSA) is 43.4 Å². The summed E-state index contributed by atoms with van der Waals surface area (Å²) in [6, 6.07) is 4.34. The molecule has 0 N–H and O–H groups in total. The van der Waals surface area contributed by atoms with Crippen LogP contribution in [-0.4, -0.2) is 14.2 Å². The van der Waals surface area contributed by atoms with Crippen molar-refractivity contribution in [2.75, 3.05) is 5.75 Å². The molecular weight excluding hydrogens is 247 g/mol. The molecule has 0 spiro atoms. The van der Waals surface area contributed by atoms with Gasteiger partial charge in [0.1, 0.15) is 0 Å². The van der Waals surface area contributed by atoms with Gasteiger partial charge in [-0.2, -0.15) is 8.42 Å². The van der Waals surface area contributed by atoms with Gasteiger partial charge in [0.05, 0.1) is 10.8 Å². The Hall–Kier alpha value is -0.450. The summed E-state index contributed by atoms with van der Waals surface area (Å²) in [5.74, 6) is -0.00991. The van der Waals surface area contributed by atoms with E-state index in [4.69, 9.17) is 27.4 Å². The van der Waals surface area contributed by atoms with E-state index in [2.05, 4.69) is 0 Å². The van der Waals surface area contributed by atoms with E-state index in [-0.39, 0.29) is 16.5 Å². The maximum absolute atomic E-state index is 11.1. The molecule has 0 aromatic heterocycles. The van der Waals surface area contributed by atoms with Crippen LogP contribution in [0.5, 0.6) is 5.75 Å². The normalized spacial score (nSPS) is 11.4. The Labute approximate surface area is 92.7 Å². The van der Waals surface area contributed by atoms with Gasteiger partial charge in [-0.05, 0) is 25.1 Å². The van der Waals surface area contributed by atoms with E-state index in [0.29, 0.717) is 5.02 Å². The smallest absolute Gasteiger partial charge is 0.308 e. The van der Waals surface area contributed by atoms with Crippen molar-refractivity contribution >= 4 is 33.3 Å². The van der Waals surface area contributed by atoms with Crippen LogP contribution in [0.4, 0.5) is 0 Å². The second kappa shape index (κ2) is 4.38. The maximum atomic E-state index is 11.1. The third-order valence-corrected chi connectivity index (χ3v) is 3.14. The minimum Gasteiger partial charge on any atom is -0.381 e. The summed E-state index contributed by atoms with van der Waals surface area (Å²) in [7, 11) is -3.54. The van der Waals surface area contributed by atoms with Crippen LogP contribution in [0.25, 0.3) is 0 Å². The van der Waals surface area contributed by atoms with Crippen LogP contribution in [0.3, 0.4) is 0 Å². The average molecular weight is 255 g/mol. The third kappa shape index (κ3) is 3.04. The molecule has 1 aromatic carbocycles. The highest BCUT2D eigenvalue weighted by molar-refractivity contribution is 7.87. The van der Waals surface area contributed by atoms with Crippen LogP contribution < -0.4 is 4.18 Å². The molecule has 1 aromatic rings. The van der Waals surface area contributed by atoms with Crippen molar-refractivity contribution in [3.05, 3.63) is 28.2 Å². The molecule has 0 radical (unpaired) electrons. The van der Waals surface area contributed by atoms with Crippen LogP contribution in [0.2, 0.25) is 10.0 Å². The van der Waals surface area contributed by atoms with Crippen LogP contribution in [0.1, 0.15) is 6.92 Å². The first-order valence-electron chi connectivity index (χ1n) is 3.82. The molecule has 6 heteroatoms. The molecule has 0 saturated heterocycles. The lowest BCUT2D eigenvalue weighted by Crippen LogP contribution is -2.11. The first-order chi connectivity index (χ1) is 6.44. The Morgan fingerprint density at radius 2 is 2.00 bits per heavy atom. The van der Waals surface area contributed by atoms with Crippen LogP contribution in [0, 0.1) is 0 Å². The number of benzene rings is 1. The van der Waals surface area contributed by atoms with Crippen molar-refractivity contribution in [1.29, 1.82) is 0 Å². The van der Waals surface area contributed by atoms with Gasteiger partial charge in [0.2, 0.25) is 0 Å². The predicted molar refractivity (Wildman–Crippen MR) is 56.6 cm³/mol. The zero-order valence-corrected chi connectivity index (χ0v) is 9.66. The minimum atomic E-state index is -3.54. The largest absolute Gasteiger partial charge is 0.381 e. The van der Waals surface area contributed by atoms with E-state index < -0.39 is 10.1 Å². The lowest BCUT2D eigenvalue weighted by atomic mass is 10.3. The molecule has 0 aliphatic heterocycles. The van der Waals surface area contributed by atoms with Gasteiger partial charge in [0.25, 0.3) is 0 Å². The zero-order chi connectivity index (χ0) is 10.8. The molecule has 14 heavy (non-hydrogen) atoms. The molecule has 0 aliphatic rings. The zero-order valence-electron chi connectivity index (χ0n) is 7.33. The molecule has 0 atom stereocenters. The SMILES string of the molecule is CCS(=O)(=O)Oc1ccc(Cl)cc1Cl. The van der Waals surface area contributed by atoms with E-state index in [1.54, 1.807) is 0 Å². The van der Waals surface area contributed by atoms with Crippen molar-refractivity contribution in [3.63, 3.8) is 0 Å². The minimum absolute atomic E-state index is 0.0953. The maximum Gasteiger partial charge on any atom is 0.308 e. The Morgan fingerprint density at radius 3 is 2.50 bits per heavy atom. The first kappa shape index (κ1) is 11.6. The van der Waals surface area contributed by atoms with Crippen LogP contribution in [0.15, 0.2) is 18.2 Å². The molecule has 0 amide bonds. The monoisotopic (exact) mass is 254 g/mol. The van der Waals surface area contributed by atoms with E-state index in [1.807, 2.05) is 0 Å². The van der Waals surface area contributed by atoms with Gasteiger partial charge in [-0.15, -0.1) is 0 Å². The second-order valence-corrected chi connectivity index (χ2v) is 5.21. The van der Waals surface area contributed by atoms with Crippen molar-refractivity contribution in [2.45, 2.75) is 6.92 Å². The summed E-state index contributed by atoms with van der Waals surface area (Å²) < 4.78 is 26.9. The molecule has 3 nitrogen and oxygen atoms in total. The van der Waals surface area contributed by atoms with Gasteiger partial charge >= 0.3 is 10.1 Å². The van der Waals surface area contributed by atoms with Gasteiger partial charge in [0, 0.05) is 5.02 Å². The Balaban J connectivity index is 2.99. The lowest BCUT2D eigenvalue weighted by Gasteiger charge is -2.06. The van der Waals surface area contributed by atoms with Crippen molar-refractivity contribution in [1.82, 2.24) is 0 Å². The van der Waals surface area contributed by atoms with Gasteiger partial charge < -0.3 is 4.18 Å². The van der Waals surface area contributed by atoms with Crippen molar-refractivity contribution in [2.24, 2.45) is 0 Å². The van der Waals surface area contributed by atoms with Gasteiger partial charge in [-0.3, -0.25) is 0 Å². The van der Waals surface area contributed by atoms with Crippen molar-refractivity contribution in [3.8, 4) is 5.75 Å². The van der Waals surface area contributed by atoms with E-state index in [1.165, 1.54) is 25.1 Å². The second-order valence-electron chi connectivity index (χ2n) is 2.50. The molecule has 0 saturated carbocycles. The summed E-state index contributed by atoms with van der Waals surface area (Å²) in [6.45, 7) is 1.49. The van der Waals surface area contributed by atoms with E-state index in [9.17, 15) is 8.42 Å². The molecule has 1 rings (SSSR count). The Bertz CT molecular complexity index is 428. The number of hydrogen-bond donors (Lipinski definition) is 0. The Kier molecular flexibility index (Phi) is 3.64. The fourth-order valence-corrected chi connectivity index (χ4v) is 1.77. The highest BCUT2D eigenvalue weighted by Crippen LogP contribution is 2.28. The predicted octanol–water partition coefficient (Wildman–Crippen LogP) is 2.72. The molecule has 0 unspecified atom stereocenters. The fraction of sp³-hybridized carbons (Fsp3) is 0.250. The first-order valence-corrected chi connectivity index (χ1v) is 6.15. The van der Waals surface area contributed by atoms with Gasteiger partial charge in [0.15, 0.2) is 5.75 Å². The Morgan fingerprint density at radius 1 is 1.36 bits per heavy atom. The lowest BCUT2D eigenvalue weighted by molar-refractivity contribution is 0.487. The molecular formula is C8H8Cl2O3S.